The molecule has 142 valence electrons. The maximum atomic E-state index is 2.52. The first-order valence-corrected chi connectivity index (χ1v) is 10.8. The Labute approximate surface area is 157 Å². The molecule has 1 aromatic rings. The number of unbranched alkanes of at least 4 members (excludes halogenated alkanes) is 2. The Bertz CT molecular complexity index is 540. The van der Waals surface area contributed by atoms with Gasteiger partial charge < -0.3 is 0 Å². The predicted molar refractivity (Wildman–Crippen MR) is 112 cm³/mol. The van der Waals surface area contributed by atoms with Crippen molar-refractivity contribution in [1.29, 1.82) is 0 Å². The van der Waals surface area contributed by atoms with E-state index < -0.39 is 0 Å². The highest BCUT2D eigenvalue weighted by atomic mass is 14.4. The zero-order valence-corrected chi connectivity index (χ0v) is 17.9. The van der Waals surface area contributed by atoms with Gasteiger partial charge in [-0.3, -0.25) is 0 Å². The van der Waals surface area contributed by atoms with E-state index in [0.29, 0.717) is 5.41 Å². The highest BCUT2D eigenvalue weighted by molar-refractivity contribution is 5.39. The average molecular weight is 343 g/mol. The summed E-state index contributed by atoms with van der Waals surface area (Å²) < 4.78 is 0. The van der Waals surface area contributed by atoms with Gasteiger partial charge in [0.1, 0.15) is 0 Å². The molecular weight excluding hydrogens is 300 g/mol. The molecule has 0 atom stereocenters. The van der Waals surface area contributed by atoms with Gasteiger partial charge >= 0.3 is 0 Å². The van der Waals surface area contributed by atoms with Gasteiger partial charge in [0.25, 0.3) is 0 Å². The van der Waals surface area contributed by atoms with Gasteiger partial charge in [0.05, 0.1) is 0 Å². The topological polar surface area (TPSA) is 0 Å². The van der Waals surface area contributed by atoms with Crippen molar-refractivity contribution in [2.24, 2.45) is 10.8 Å². The zero-order valence-electron chi connectivity index (χ0n) is 17.9. The van der Waals surface area contributed by atoms with Gasteiger partial charge in [-0.05, 0) is 97.8 Å². The van der Waals surface area contributed by atoms with Crippen molar-refractivity contribution in [2.75, 3.05) is 0 Å². The van der Waals surface area contributed by atoms with Crippen molar-refractivity contribution in [1.82, 2.24) is 0 Å². The molecule has 0 radical (unpaired) electrons. The Hall–Kier alpha value is -0.780. The number of hydrogen-bond acceptors (Lipinski definition) is 0. The first-order chi connectivity index (χ1) is 11.7. The third-order valence-electron chi connectivity index (χ3n) is 6.22. The maximum Gasteiger partial charge on any atom is -0.0274 e. The highest BCUT2D eigenvalue weighted by Gasteiger charge is 2.35. The summed E-state index contributed by atoms with van der Waals surface area (Å²) in [6.07, 6.45) is 14.9. The Morgan fingerprint density at radius 3 is 2.24 bits per heavy atom. The molecule has 0 aromatic heterocycles. The molecule has 0 saturated heterocycles. The second-order valence-corrected chi connectivity index (χ2v) is 10.2. The van der Waals surface area contributed by atoms with Crippen LogP contribution in [0, 0.1) is 17.8 Å². The minimum absolute atomic E-state index is 0.475. The van der Waals surface area contributed by atoms with Crippen LogP contribution in [0.3, 0.4) is 0 Å². The molecule has 0 heterocycles. The molecule has 0 amide bonds. The molecule has 1 fully saturated rings. The third-order valence-corrected chi connectivity index (χ3v) is 6.22. The quantitative estimate of drug-likeness (QED) is 0.380. The number of hydrogen-bond donors (Lipinski definition) is 0. The lowest BCUT2D eigenvalue weighted by atomic mass is 9.87. The summed E-state index contributed by atoms with van der Waals surface area (Å²) in [5.41, 5.74) is 7.59. The normalized spacial score (nSPS) is 16.2. The molecular formula is C25H42. The molecule has 2 rings (SSSR count). The summed E-state index contributed by atoms with van der Waals surface area (Å²) >= 11 is 0. The lowest BCUT2D eigenvalue weighted by Gasteiger charge is -2.19. The van der Waals surface area contributed by atoms with E-state index in [4.69, 9.17) is 0 Å². The summed E-state index contributed by atoms with van der Waals surface area (Å²) in [5, 5.41) is 0. The van der Waals surface area contributed by atoms with E-state index in [2.05, 4.69) is 53.7 Å². The molecule has 0 heteroatoms. The molecule has 1 aliphatic carbocycles. The molecule has 1 aromatic carbocycles. The second kappa shape index (κ2) is 8.74. The van der Waals surface area contributed by atoms with Crippen molar-refractivity contribution < 1.29 is 0 Å². The van der Waals surface area contributed by atoms with Gasteiger partial charge in [-0.25, -0.2) is 0 Å². The Morgan fingerprint density at radius 2 is 1.64 bits per heavy atom. The van der Waals surface area contributed by atoms with Gasteiger partial charge in [0.2, 0.25) is 0 Å². The molecule has 0 spiro atoms. The fourth-order valence-electron chi connectivity index (χ4n) is 4.04. The SMILES string of the molecule is CCc1cc(C)c(CCCCC(C)(C)C)c(CCCCC2(C)CC2)c1. The fraction of sp³-hybridized carbons (Fsp3) is 0.760. The summed E-state index contributed by atoms with van der Waals surface area (Å²) in [7, 11) is 0. The molecule has 25 heavy (non-hydrogen) atoms. The van der Waals surface area contributed by atoms with Crippen LogP contribution in [0.25, 0.3) is 0 Å². The summed E-state index contributed by atoms with van der Waals surface area (Å²) in [6.45, 7) is 14.2. The van der Waals surface area contributed by atoms with Crippen molar-refractivity contribution in [3.63, 3.8) is 0 Å². The van der Waals surface area contributed by atoms with Crippen molar-refractivity contribution in [3.05, 3.63) is 34.4 Å². The smallest absolute Gasteiger partial charge is 0.0274 e. The monoisotopic (exact) mass is 342 g/mol. The molecule has 0 bridgehead atoms. The van der Waals surface area contributed by atoms with Crippen LogP contribution in [-0.2, 0) is 19.3 Å². The minimum atomic E-state index is 0.475. The molecule has 1 saturated carbocycles. The van der Waals surface area contributed by atoms with Gasteiger partial charge in [-0.2, -0.15) is 0 Å². The Kier molecular flexibility index (Phi) is 7.18. The minimum Gasteiger partial charge on any atom is -0.0613 e. The van der Waals surface area contributed by atoms with Crippen LogP contribution in [0.2, 0.25) is 0 Å². The van der Waals surface area contributed by atoms with Crippen LogP contribution >= 0.6 is 0 Å². The number of benzene rings is 1. The Balaban J connectivity index is 1.92. The number of rotatable bonds is 10. The Morgan fingerprint density at radius 1 is 0.960 bits per heavy atom. The summed E-state index contributed by atoms with van der Waals surface area (Å²) in [6, 6.07) is 4.96. The largest absolute Gasteiger partial charge is 0.0613 e. The molecule has 0 unspecified atom stereocenters. The van der Waals surface area contributed by atoms with E-state index in [1.54, 1.807) is 16.7 Å². The van der Waals surface area contributed by atoms with Gasteiger partial charge in [0.15, 0.2) is 0 Å². The van der Waals surface area contributed by atoms with Crippen LogP contribution in [0.4, 0.5) is 0 Å². The van der Waals surface area contributed by atoms with Crippen LogP contribution in [-0.4, -0.2) is 0 Å². The first-order valence-electron chi connectivity index (χ1n) is 10.8. The van der Waals surface area contributed by atoms with Crippen molar-refractivity contribution >= 4 is 0 Å². The molecule has 1 aliphatic rings. The van der Waals surface area contributed by atoms with Crippen molar-refractivity contribution in [3.8, 4) is 0 Å². The summed E-state index contributed by atoms with van der Waals surface area (Å²) in [4.78, 5) is 0. The van der Waals surface area contributed by atoms with Crippen LogP contribution < -0.4 is 0 Å². The van der Waals surface area contributed by atoms with E-state index in [1.165, 1.54) is 69.8 Å². The van der Waals surface area contributed by atoms with E-state index in [9.17, 15) is 0 Å². The first kappa shape index (κ1) is 20.5. The van der Waals surface area contributed by atoms with Crippen LogP contribution in [0.15, 0.2) is 12.1 Å². The van der Waals surface area contributed by atoms with E-state index in [-0.39, 0.29) is 0 Å². The third kappa shape index (κ3) is 7.16. The molecule has 0 aliphatic heterocycles. The maximum absolute atomic E-state index is 2.52. The predicted octanol–water partition coefficient (Wildman–Crippen LogP) is 7.83. The van der Waals surface area contributed by atoms with Crippen LogP contribution in [0.1, 0.15) is 108 Å². The standard InChI is InChI=1S/C25H42/c1-7-21-18-20(2)23(13-9-10-14-24(3,4)5)22(19-21)12-8-11-15-25(6)16-17-25/h18-19H,7-17H2,1-6H3. The van der Waals surface area contributed by atoms with E-state index >= 15 is 0 Å². The van der Waals surface area contributed by atoms with E-state index in [0.717, 1.165) is 11.8 Å². The lowest BCUT2D eigenvalue weighted by molar-refractivity contribution is 0.360. The fourth-order valence-corrected chi connectivity index (χ4v) is 4.04. The van der Waals surface area contributed by atoms with Gasteiger partial charge in [-0.1, -0.05) is 59.6 Å². The molecule has 0 nitrogen and oxygen atoms in total. The highest BCUT2D eigenvalue weighted by Crippen LogP contribution is 2.49. The van der Waals surface area contributed by atoms with Crippen molar-refractivity contribution in [2.45, 2.75) is 112 Å². The summed E-state index contributed by atoms with van der Waals surface area (Å²) in [5.74, 6) is 0. The van der Waals surface area contributed by atoms with Crippen LogP contribution in [0.5, 0.6) is 0 Å². The van der Waals surface area contributed by atoms with Gasteiger partial charge in [0, 0.05) is 0 Å². The molecule has 0 N–H and O–H groups in total. The second-order valence-electron chi connectivity index (χ2n) is 10.2. The zero-order chi connectivity index (χ0) is 18.5. The lowest BCUT2D eigenvalue weighted by Crippen LogP contribution is -2.05. The van der Waals surface area contributed by atoms with Gasteiger partial charge in [-0.15, -0.1) is 0 Å². The average Bonchev–Trinajstić information content (AvgIpc) is 3.26. The van der Waals surface area contributed by atoms with E-state index in [1.807, 2.05) is 0 Å². The number of aryl methyl sites for hydroxylation is 3.